The van der Waals surface area contributed by atoms with Crippen LogP contribution in [0.15, 0.2) is 24.4 Å². The average Bonchev–Trinajstić information content (AvgIpc) is 3.36. The first-order valence-electron chi connectivity index (χ1n) is 12.8. The lowest BCUT2D eigenvalue weighted by Gasteiger charge is -2.34. The minimum Gasteiger partial charge on any atom is -0.755 e. The van der Waals surface area contributed by atoms with Crippen LogP contribution in [0.1, 0.15) is 57.6 Å². The molecular formula is C27H35F2N4O7S-. The molecule has 0 aliphatic carbocycles. The van der Waals surface area contributed by atoms with Gasteiger partial charge in [-0.15, -0.1) is 0 Å². The first-order valence-corrected chi connectivity index (χ1v) is 13.8. The van der Waals surface area contributed by atoms with Crippen LogP contribution in [0.2, 0.25) is 0 Å². The van der Waals surface area contributed by atoms with Crippen LogP contribution in [0.25, 0.3) is 0 Å². The van der Waals surface area contributed by atoms with E-state index in [-0.39, 0.29) is 24.3 Å². The number of rotatable bonds is 6. The van der Waals surface area contributed by atoms with Crippen LogP contribution < -0.4 is 9.62 Å². The van der Waals surface area contributed by atoms with Crippen molar-refractivity contribution in [2.24, 2.45) is 13.0 Å². The van der Waals surface area contributed by atoms with E-state index >= 15 is 4.39 Å². The van der Waals surface area contributed by atoms with Crippen molar-refractivity contribution < 1.29 is 41.4 Å². The SMILES string of the molecule is Cc1cc(NC(=O)c2c(F)c(N([C@H]3CN(C(=O)OC(C)(C)C)C[C@@H]3C(=O)OC(C)(C)C)S(=O)[O-])cn2C)ccc1F. The number of aromatic nitrogens is 1. The van der Waals surface area contributed by atoms with Crippen molar-refractivity contribution in [3.05, 3.63) is 47.3 Å². The second-order valence-corrected chi connectivity index (χ2v) is 12.7. The van der Waals surface area contributed by atoms with E-state index in [4.69, 9.17) is 9.47 Å². The highest BCUT2D eigenvalue weighted by atomic mass is 32.2. The highest BCUT2D eigenvalue weighted by Gasteiger charge is 2.47. The number of nitrogens with zero attached hydrogens (tertiary/aromatic N) is 3. The van der Waals surface area contributed by atoms with Gasteiger partial charge in [-0.05, 0) is 72.2 Å². The van der Waals surface area contributed by atoms with Crippen molar-refractivity contribution in [1.29, 1.82) is 0 Å². The number of likely N-dealkylation sites (tertiary alicyclic amines) is 1. The summed E-state index contributed by atoms with van der Waals surface area (Å²) < 4.78 is 67.3. The van der Waals surface area contributed by atoms with Gasteiger partial charge in [0.25, 0.3) is 5.91 Å². The molecule has 0 saturated carbocycles. The normalized spacial score (nSPS) is 18.2. The molecular weight excluding hydrogens is 562 g/mol. The Morgan fingerprint density at radius 3 is 2.22 bits per heavy atom. The van der Waals surface area contributed by atoms with E-state index in [1.54, 1.807) is 41.5 Å². The second-order valence-electron chi connectivity index (χ2n) is 11.8. The zero-order valence-corrected chi connectivity index (χ0v) is 25.1. The van der Waals surface area contributed by atoms with Crippen LogP contribution in [0.5, 0.6) is 0 Å². The Hall–Kier alpha value is -3.52. The molecule has 2 aromatic rings. The molecule has 1 unspecified atom stereocenters. The molecule has 2 amide bonds. The molecule has 2 heterocycles. The van der Waals surface area contributed by atoms with E-state index in [1.165, 1.54) is 26.1 Å². The molecule has 11 nitrogen and oxygen atoms in total. The van der Waals surface area contributed by atoms with Crippen molar-refractivity contribution >= 4 is 40.6 Å². The lowest BCUT2D eigenvalue weighted by atomic mass is 10.0. The average molecular weight is 598 g/mol. The Morgan fingerprint density at radius 1 is 1.07 bits per heavy atom. The number of carbonyl (C=O) groups is 3. The second kappa shape index (κ2) is 11.8. The highest BCUT2D eigenvalue weighted by Crippen LogP contribution is 2.34. The number of benzene rings is 1. The number of amides is 2. The maximum atomic E-state index is 15.9. The molecule has 3 rings (SSSR count). The summed E-state index contributed by atoms with van der Waals surface area (Å²) in [5.74, 6) is -4.56. The number of hydrogen-bond acceptors (Lipinski definition) is 7. The Balaban J connectivity index is 2.00. The van der Waals surface area contributed by atoms with Gasteiger partial charge in [0.1, 0.15) is 28.4 Å². The van der Waals surface area contributed by atoms with Crippen LogP contribution in [0, 0.1) is 24.5 Å². The fourth-order valence-electron chi connectivity index (χ4n) is 4.39. The Kier molecular flexibility index (Phi) is 9.18. The van der Waals surface area contributed by atoms with E-state index in [0.717, 1.165) is 21.7 Å². The Morgan fingerprint density at radius 2 is 1.68 bits per heavy atom. The summed E-state index contributed by atoms with van der Waals surface area (Å²) >= 11 is -3.14. The van der Waals surface area contributed by atoms with Crippen molar-refractivity contribution in [3.8, 4) is 0 Å². The molecule has 3 atom stereocenters. The third-order valence-corrected chi connectivity index (χ3v) is 6.87. The zero-order chi connectivity index (χ0) is 31.0. The molecule has 41 heavy (non-hydrogen) atoms. The largest absolute Gasteiger partial charge is 0.755 e. The van der Waals surface area contributed by atoms with Gasteiger partial charge < -0.3 is 28.8 Å². The van der Waals surface area contributed by atoms with E-state index < -0.39 is 75.4 Å². The number of anilines is 2. The fourth-order valence-corrected chi connectivity index (χ4v) is 5.11. The van der Waals surface area contributed by atoms with E-state index in [0.29, 0.717) is 4.31 Å². The number of nitrogens with one attached hydrogen (secondary N) is 1. The summed E-state index contributed by atoms with van der Waals surface area (Å²) in [6.07, 6.45) is 0.312. The minimum absolute atomic E-state index is 0.203. The van der Waals surface area contributed by atoms with E-state index in [1.807, 2.05) is 0 Å². The first-order chi connectivity index (χ1) is 18.8. The quantitative estimate of drug-likeness (QED) is 0.393. The Labute approximate surface area is 240 Å². The predicted octanol–water partition coefficient (Wildman–Crippen LogP) is 4.04. The first kappa shape index (κ1) is 32.0. The number of carbonyl (C=O) groups excluding carboxylic acids is 3. The third-order valence-electron chi connectivity index (χ3n) is 6.08. The third kappa shape index (κ3) is 7.61. The van der Waals surface area contributed by atoms with Gasteiger partial charge in [-0.1, -0.05) is 0 Å². The summed E-state index contributed by atoms with van der Waals surface area (Å²) in [5, 5.41) is 2.47. The molecule has 1 aliphatic heterocycles. The summed E-state index contributed by atoms with van der Waals surface area (Å²) in [5.41, 5.74) is -2.35. The number of esters is 1. The van der Waals surface area contributed by atoms with Gasteiger partial charge >= 0.3 is 12.1 Å². The molecule has 1 fully saturated rings. The highest BCUT2D eigenvalue weighted by molar-refractivity contribution is 7.80. The van der Waals surface area contributed by atoms with Crippen molar-refractivity contribution in [2.45, 2.75) is 65.7 Å². The molecule has 1 N–H and O–H groups in total. The van der Waals surface area contributed by atoms with Crippen molar-refractivity contribution in [1.82, 2.24) is 9.47 Å². The van der Waals surface area contributed by atoms with Crippen LogP contribution >= 0.6 is 0 Å². The molecule has 1 aliphatic rings. The maximum absolute atomic E-state index is 15.9. The van der Waals surface area contributed by atoms with Crippen LogP contribution in [-0.2, 0) is 32.6 Å². The predicted molar refractivity (Wildman–Crippen MR) is 147 cm³/mol. The number of halogens is 2. The van der Waals surface area contributed by atoms with Gasteiger partial charge in [0.2, 0.25) is 0 Å². The maximum Gasteiger partial charge on any atom is 0.410 e. The molecule has 0 bridgehead atoms. The molecule has 0 radical (unpaired) electrons. The van der Waals surface area contributed by atoms with E-state index in [2.05, 4.69) is 5.32 Å². The van der Waals surface area contributed by atoms with Gasteiger partial charge in [-0.25, -0.2) is 13.6 Å². The minimum atomic E-state index is -3.14. The number of aryl methyl sites for hydroxylation is 2. The number of hydrogen-bond donors (Lipinski definition) is 1. The smallest absolute Gasteiger partial charge is 0.410 e. The van der Waals surface area contributed by atoms with Gasteiger partial charge in [0.05, 0.1) is 12.0 Å². The fraction of sp³-hybridized carbons (Fsp3) is 0.519. The van der Waals surface area contributed by atoms with Crippen LogP contribution in [0.4, 0.5) is 25.0 Å². The van der Waals surface area contributed by atoms with Crippen LogP contribution in [0.3, 0.4) is 0 Å². The standard InChI is InChI=1S/C27H36F2N4O7S/c1-15-11-16(9-10-18(15)28)30-23(34)22-21(29)20(13-31(22)8)33(41(37)38)19-14-32(25(36)40-27(5,6)7)12-17(19)24(35)39-26(2,3)4/h9-11,13,17,19H,12,14H2,1-8H3,(H,30,34)(H,37,38)/p-1/t17-,19-/m0/s1. The van der Waals surface area contributed by atoms with Gasteiger partial charge in [0.15, 0.2) is 5.82 Å². The Bertz CT molecular complexity index is 1370. The molecule has 226 valence electrons. The van der Waals surface area contributed by atoms with Crippen molar-refractivity contribution in [3.63, 3.8) is 0 Å². The molecule has 0 spiro atoms. The van der Waals surface area contributed by atoms with E-state index in [9.17, 15) is 27.5 Å². The lowest BCUT2D eigenvalue weighted by molar-refractivity contribution is -0.159. The van der Waals surface area contributed by atoms with Gasteiger partial charge in [0, 0.05) is 43.3 Å². The van der Waals surface area contributed by atoms with Crippen LogP contribution in [-0.4, -0.2) is 66.5 Å². The van der Waals surface area contributed by atoms with Gasteiger partial charge in [-0.3, -0.25) is 18.1 Å². The summed E-state index contributed by atoms with van der Waals surface area (Å²) in [6, 6.07) is 2.54. The molecule has 14 heteroatoms. The summed E-state index contributed by atoms with van der Waals surface area (Å²) in [7, 11) is 1.34. The molecule has 1 saturated heterocycles. The molecule has 1 aromatic heterocycles. The monoisotopic (exact) mass is 597 g/mol. The van der Waals surface area contributed by atoms with Crippen molar-refractivity contribution in [2.75, 3.05) is 22.7 Å². The van der Waals surface area contributed by atoms with Gasteiger partial charge in [-0.2, -0.15) is 0 Å². The number of ether oxygens (including phenoxy) is 2. The summed E-state index contributed by atoms with van der Waals surface area (Å²) in [4.78, 5) is 40.2. The zero-order valence-electron chi connectivity index (χ0n) is 24.2. The molecule has 1 aromatic carbocycles. The summed E-state index contributed by atoms with van der Waals surface area (Å²) in [6.45, 7) is 10.8. The topological polar surface area (TPSA) is 133 Å². The lowest BCUT2D eigenvalue weighted by Crippen LogP contribution is -2.46.